The molecule has 6 nitrogen and oxygen atoms in total. The van der Waals surface area contributed by atoms with Gasteiger partial charge in [0.15, 0.2) is 11.3 Å². The molecule has 0 saturated heterocycles. The van der Waals surface area contributed by atoms with Crippen LogP contribution in [-0.4, -0.2) is 24.1 Å². The molecule has 0 unspecified atom stereocenters. The molecule has 2 aromatic carbocycles. The molecule has 3 heterocycles. The first-order valence-corrected chi connectivity index (χ1v) is 11.3. The third-order valence-corrected chi connectivity index (χ3v) is 6.59. The predicted molar refractivity (Wildman–Crippen MR) is 130 cm³/mol. The van der Waals surface area contributed by atoms with Crippen LogP contribution in [0.2, 0.25) is 0 Å². The van der Waals surface area contributed by atoms with Crippen molar-refractivity contribution >= 4 is 33.2 Å². The minimum atomic E-state index is -0.0751. The van der Waals surface area contributed by atoms with Crippen LogP contribution in [0.15, 0.2) is 59.7 Å². The van der Waals surface area contributed by atoms with Crippen LogP contribution in [0.5, 0.6) is 0 Å². The largest absolute Gasteiger partial charge is 0.296 e. The molecule has 0 aliphatic rings. The second kappa shape index (κ2) is 7.86. The molecular formula is C26H27N5O. The average Bonchev–Trinajstić information content (AvgIpc) is 3.15. The number of benzene rings is 2. The van der Waals surface area contributed by atoms with Crippen LogP contribution < -0.4 is 5.56 Å². The second-order valence-corrected chi connectivity index (χ2v) is 8.53. The molecule has 0 spiro atoms. The van der Waals surface area contributed by atoms with Crippen molar-refractivity contribution in [2.75, 3.05) is 0 Å². The smallest absolute Gasteiger partial charge is 0.265 e. The summed E-state index contributed by atoms with van der Waals surface area (Å²) in [7, 11) is 0. The van der Waals surface area contributed by atoms with Gasteiger partial charge in [-0.15, -0.1) is 0 Å². The molecule has 162 valence electrons. The predicted octanol–water partition coefficient (Wildman–Crippen LogP) is 5.77. The summed E-state index contributed by atoms with van der Waals surface area (Å²) in [6, 6.07) is 16.3. The van der Waals surface area contributed by atoms with Gasteiger partial charge in [0, 0.05) is 11.7 Å². The molecular weight excluding hydrogens is 398 g/mol. The van der Waals surface area contributed by atoms with E-state index in [2.05, 4.69) is 45.0 Å². The quantitative estimate of drug-likeness (QED) is 0.359. The van der Waals surface area contributed by atoms with Crippen molar-refractivity contribution in [2.24, 2.45) is 0 Å². The Morgan fingerprint density at radius 2 is 1.56 bits per heavy atom. The highest BCUT2D eigenvalue weighted by molar-refractivity contribution is 6.05. The highest BCUT2D eigenvalue weighted by Crippen LogP contribution is 2.29. The van der Waals surface area contributed by atoms with Gasteiger partial charge in [-0.2, -0.15) is 0 Å². The number of hydrogen-bond acceptors (Lipinski definition) is 4. The van der Waals surface area contributed by atoms with Crippen molar-refractivity contribution in [3.63, 3.8) is 0 Å². The Balaban J connectivity index is 1.87. The molecule has 5 aromatic rings. The standard InChI is InChI=1S/C26H27N5O/c1-5-16(3)18-11-13-19(14-12-18)31-24-22(26(32)30(15-27-24)17(4)6-2)23-25(31)29-21-10-8-7-9-20(21)28-23/h7-17H,5-6H2,1-4H3/t16-,17+/m0/s1. The third-order valence-electron chi connectivity index (χ3n) is 6.59. The summed E-state index contributed by atoms with van der Waals surface area (Å²) in [5.41, 5.74) is 5.55. The van der Waals surface area contributed by atoms with Crippen LogP contribution in [0, 0.1) is 0 Å². The van der Waals surface area contributed by atoms with Crippen molar-refractivity contribution in [2.45, 2.75) is 52.5 Å². The van der Waals surface area contributed by atoms with Crippen LogP contribution in [0.1, 0.15) is 58.1 Å². The summed E-state index contributed by atoms with van der Waals surface area (Å²) in [5.74, 6) is 0.492. The van der Waals surface area contributed by atoms with E-state index in [4.69, 9.17) is 15.0 Å². The van der Waals surface area contributed by atoms with Crippen LogP contribution in [0.25, 0.3) is 38.9 Å². The average molecular weight is 426 g/mol. The number of nitrogens with zero attached hydrogens (tertiary/aromatic N) is 5. The molecule has 32 heavy (non-hydrogen) atoms. The third kappa shape index (κ3) is 3.09. The number of rotatable bonds is 5. The fourth-order valence-electron chi connectivity index (χ4n) is 4.19. The number of para-hydroxylation sites is 2. The molecule has 2 atom stereocenters. The lowest BCUT2D eigenvalue weighted by atomic mass is 9.99. The monoisotopic (exact) mass is 425 g/mol. The zero-order chi connectivity index (χ0) is 22.4. The van der Waals surface area contributed by atoms with Crippen LogP contribution in [0.3, 0.4) is 0 Å². The first-order chi connectivity index (χ1) is 15.5. The van der Waals surface area contributed by atoms with Crippen molar-refractivity contribution in [3.8, 4) is 5.69 Å². The highest BCUT2D eigenvalue weighted by Gasteiger charge is 2.21. The van der Waals surface area contributed by atoms with Crippen molar-refractivity contribution < 1.29 is 0 Å². The Labute approximate surface area is 186 Å². The lowest BCUT2D eigenvalue weighted by Gasteiger charge is -2.13. The van der Waals surface area contributed by atoms with E-state index in [1.165, 1.54) is 5.56 Å². The first-order valence-electron chi connectivity index (χ1n) is 11.3. The van der Waals surface area contributed by atoms with E-state index in [0.29, 0.717) is 28.1 Å². The van der Waals surface area contributed by atoms with Gasteiger partial charge in [-0.05, 0) is 55.5 Å². The van der Waals surface area contributed by atoms with Gasteiger partial charge in [0.25, 0.3) is 5.56 Å². The topological polar surface area (TPSA) is 65.6 Å². The maximum absolute atomic E-state index is 13.5. The minimum absolute atomic E-state index is 0.0565. The molecule has 6 heteroatoms. The highest BCUT2D eigenvalue weighted by atomic mass is 16.1. The fraction of sp³-hybridized carbons (Fsp3) is 0.308. The van der Waals surface area contributed by atoms with E-state index < -0.39 is 0 Å². The van der Waals surface area contributed by atoms with Gasteiger partial charge >= 0.3 is 0 Å². The van der Waals surface area contributed by atoms with E-state index in [1.807, 2.05) is 35.8 Å². The van der Waals surface area contributed by atoms with Gasteiger partial charge < -0.3 is 0 Å². The lowest BCUT2D eigenvalue weighted by Crippen LogP contribution is -2.23. The van der Waals surface area contributed by atoms with E-state index in [9.17, 15) is 4.79 Å². The Kier molecular flexibility index (Phi) is 5.00. The second-order valence-electron chi connectivity index (χ2n) is 8.53. The van der Waals surface area contributed by atoms with Gasteiger partial charge in [0.05, 0.1) is 11.0 Å². The summed E-state index contributed by atoms with van der Waals surface area (Å²) < 4.78 is 3.67. The van der Waals surface area contributed by atoms with Crippen LogP contribution in [-0.2, 0) is 0 Å². The molecule has 0 bridgehead atoms. The minimum Gasteiger partial charge on any atom is -0.296 e. The van der Waals surface area contributed by atoms with E-state index in [-0.39, 0.29) is 11.6 Å². The molecule has 0 saturated carbocycles. The first kappa shape index (κ1) is 20.4. The SMILES string of the molecule is CC[C@@H](C)n1cnc2c(c1=O)c1nc3ccccc3nc1n2-c1ccc([C@@H](C)CC)cc1. The number of hydrogen-bond donors (Lipinski definition) is 0. The van der Waals surface area contributed by atoms with Gasteiger partial charge in [-0.1, -0.05) is 45.0 Å². The molecule has 0 aliphatic carbocycles. The van der Waals surface area contributed by atoms with Gasteiger partial charge in [0.2, 0.25) is 0 Å². The van der Waals surface area contributed by atoms with Gasteiger partial charge in [-0.3, -0.25) is 13.9 Å². The molecule has 5 rings (SSSR count). The van der Waals surface area contributed by atoms with Crippen LogP contribution >= 0.6 is 0 Å². The Morgan fingerprint density at radius 3 is 2.22 bits per heavy atom. The molecule has 0 N–H and O–H groups in total. The Hall–Kier alpha value is -3.54. The van der Waals surface area contributed by atoms with E-state index >= 15 is 0 Å². The van der Waals surface area contributed by atoms with E-state index in [0.717, 1.165) is 29.6 Å². The van der Waals surface area contributed by atoms with E-state index in [1.54, 1.807) is 10.9 Å². The van der Waals surface area contributed by atoms with Gasteiger partial charge in [-0.25, -0.2) is 15.0 Å². The number of aromatic nitrogens is 5. The van der Waals surface area contributed by atoms with Crippen LogP contribution in [0.4, 0.5) is 0 Å². The summed E-state index contributed by atoms with van der Waals surface area (Å²) >= 11 is 0. The summed E-state index contributed by atoms with van der Waals surface area (Å²) in [6.07, 6.45) is 3.59. The zero-order valence-corrected chi connectivity index (χ0v) is 18.9. The Bertz CT molecular complexity index is 1500. The van der Waals surface area contributed by atoms with Gasteiger partial charge in [0.1, 0.15) is 17.2 Å². The Morgan fingerprint density at radius 1 is 0.875 bits per heavy atom. The summed E-state index contributed by atoms with van der Waals surface area (Å²) in [6.45, 7) is 8.52. The molecule has 0 aliphatic heterocycles. The molecule has 0 radical (unpaired) electrons. The normalized spacial score (nSPS) is 13.8. The van der Waals surface area contributed by atoms with Crippen molar-refractivity contribution in [3.05, 3.63) is 70.8 Å². The fourth-order valence-corrected chi connectivity index (χ4v) is 4.19. The lowest BCUT2D eigenvalue weighted by molar-refractivity contribution is 0.510. The summed E-state index contributed by atoms with van der Waals surface area (Å²) in [5, 5.41) is 0.520. The maximum atomic E-state index is 13.5. The summed E-state index contributed by atoms with van der Waals surface area (Å²) in [4.78, 5) is 28.1. The molecule has 3 aromatic heterocycles. The zero-order valence-electron chi connectivity index (χ0n) is 18.9. The molecule has 0 amide bonds. The van der Waals surface area contributed by atoms with Crippen molar-refractivity contribution in [1.29, 1.82) is 0 Å². The molecule has 0 fully saturated rings. The van der Waals surface area contributed by atoms with Crippen molar-refractivity contribution in [1.82, 2.24) is 24.1 Å². The number of fused-ring (bicyclic) bond motifs is 4. The maximum Gasteiger partial charge on any atom is 0.265 e.